The van der Waals surface area contributed by atoms with Gasteiger partial charge in [0.05, 0.1) is 18.3 Å². The molecule has 6 nitrogen and oxygen atoms in total. The molecule has 0 spiro atoms. The third-order valence-electron chi connectivity index (χ3n) is 2.44. The molecule has 0 aliphatic rings. The highest BCUT2D eigenvalue weighted by molar-refractivity contribution is 5.80. The van der Waals surface area contributed by atoms with Crippen LogP contribution in [0.1, 0.15) is 6.92 Å². The van der Waals surface area contributed by atoms with Crippen LogP contribution in [0.4, 0.5) is 4.79 Å². The van der Waals surface area contributed by atoms with Crippen molar-refractivity contribution in [2.45, 2.75) is 19.5 Å². The number of carbonyl (C=O) groups is 1. The third-order valence-corrected chi connectivity index (χ3v) is 2.44. The van der Waals surface area contributed by atoms with Crippen molar-refractivity contribution in [2.24, 2.45) is 0 Å². The van der Waals surface area contributed by atoms with Crippen molar-refractivity contribution in [3.8, 4) is 5.75 Å². The molecule has 1 aromatic carbocycles. The molecule has 0 unspecified atom stereocenters. The van der Waals surface area contributed by atoms with E-state index in [0.29, 0.717) is 6.54 Å². The maximum atomic E-state index is 10.5. The molecule has 6 heteroatoms. The lowest BCUT2D eigenvalue weighted by atomic mass is 10.2. The molecule has 0 aliphatic carbocycles. The van der Waals surface area contributed by atoms with Gasteiger partial charge in [0.25, 0.3) is 0 Å². The van der Waals surface area contributed by atoms with E-state index >= 15 is 0 Å². The van der Waals surface area contributed by atoms with Crippen LogP contribution in [0.2, 0.25) is 0 Å². The van der Waals surface area contributed by atoms with Crippen molar-refractivity contribution in [3.05, 3.63) is 24.4 Å². The Bertz CT molecular complexity index is 550. The summed E-state index contributed by atoms with van der Waals surface area (Å²) in [4.78, 5) is 10.5. The van der Waals surface area contributed by atoms with Gasteiger partial charge in [0.15, 0.2) is 0 Å². The fourth-order valence-electron chi connectivity index (χ4n) is 1.72. The minimum atomic E-state index is -1.06. The average Bonchev–Trinajstić information content (AvgIpc) is 2.60. The van der Waals surface area contributed by atoms with Gasteiger partial charge >= 0.3 is 6.09 Å². The molecule has 3 N–H and O–H groups in total. The van der Waals surface area contributed by atoms with Gasteiger partial charge < -0.3 is 15.5 Å². The van der Waals surface area contributed by atoms with E-state index < -0.39 is 6.09 Å². The first-order valence-corrected chi connectivity index (χ1v) is 5.20. The third kappa shape index (κ3) is 2.47. The zero-order valence-corrected chi connectivity index (χ0v) is 9.29. The van der Waals surface area contributed by atoms with Gasteiger partial charge in [-0.25, -0.2) is 4.79 Å². The lowest BCUT2D eigenvalue weighted by Gasteiger charge is -2.12. The molecular weight excluding hydrogens is 222 g/mol. The Morgan fingerprint density at radius 3 is 3.06 bits per heavy atom. The number of carboxylic acid groups (broad SMARTS) is 1. The van der Waals surface area contributed by atoms with Crippen LogP contribution in [0.15, 0.2) is 24.4 Å². The second-order valence-corrected chi connectivity index (χ2v) is 3.92. The Labute approximate surface area is 97.5 Å². The van der Waals surface area contributed by atoms with Gasteiger partial charge in [-0.15, -0.1) is 0 Å². The lowest BCUT2D eigenvalue weighted by molar-refractivity contribution is 0.189. The summed E-state index contributed by atoms with van der Waals surface area (Å²) in [6.07, 6.45) is 0.624. The second kappa shape index (κ2) is 4.32. The molecular formula is C11H13N3O3. The molecule has 2 rings (SSSR count). The predicted octanol–water partition coefficient (Wildman–Crippen LogP) is 1.40. The fraction of sp³-hybridized carbons (Fsp3) is 0.273. The minimum Gasteiger partial charge on any atom is -0.508 e. The van der Waals surface area contributed by atoms with Crippen molar-refractivity contribution in [1.82, 2.24) is 15.1 Å². The summed E-state index contributed by atoms with van der Waals surface area (Å²) >= 11 is 0. The normalized spacial score (nSPS) is 12.5. The van der Waals surface area contributed by atoms with Crippen LogP contribution in [-0.2, 0) is 6.54 Å². The first kappa shape index (κ1) is 11.3. The van der Waals surface area contributed by atoms with Crippen molar-refractivity contribution in [1.29, 1.82) is 0 Å². The van der Waals surface area contributed by atoms with Crippen LogP contribution in [0, 0.1) is 0 Å². The number of phenols is 1. The number of benzene rings is 1. The van der Waals surface area contributed by atoms with Crippen LogP contribution in [0.5, 0.6) is 5.75 Å². The number of phenolic OH excluding ortho intramolecular Hbond substituents is 1. The smallest absolute Gasteiger partial charge is 0.404 e. The highest BCUT2D eigenvalue weighted by atomic mass is 16.4. The molecule has 0 saturated heterocycles. The van der Waals surface area contributed by atoms with E-state index in [-0.39, 0.29) is 11.8 Å². The van der Waals surface area contributed by atoms with E-state index in [1.54, 1.807) is 36.0 Å². The molecule has 0 bridgehead atoms. The maximum absolute atomic E-state index is 10.5. The van der Waals surface area contributed by atoms with Crippen molar-refractivity contribution >= 4 is 17.0 Å². The SMILES string of the molecule is C[C@@H](Cn1ncc2ccc(O)cc21)NC(=O)O. The maximum Gasteiger partial charge on any atom is 0.404 e. The van der Waals surface area contributed by atoms with Crippen molar-refractivity contribution in [3.63, 3.8) is 0 Å². The largest absolute Gasteiger partial charge is 0.508 e. The van der Waals surface area contributed by atoms with Crippen LogP contribution < -0.4 is 5.32 Å². The monoisotopic (exact) mass is 235 g/mol. The van der Waals surface area contributed by atoms with Crippen LogP contribution >= 0.6 is 0 Å². The highest BCUT2D eigenvalue weighted by Gasteiger charge is 2.09. The molecule has 17 heavy (non-hydrogen) atoms. The molecule has 0 fully saturated rings. The van der Waals surface area contributed by atoms with E-state index in [2.05, 4.69) is 10.4 Å². The molecule has 0 aliphatic heterocycles. The Morgan fingerprint density at radius 1 is 1.59 bits per heavy atom. The van der Waals surface area contributed by atoms with Crippen LogP contribution in [0.25, 0.3) is 10.9 Å². The molecule has 90 valence electrons. The quantitative estimate of drug-likeness (QED) is 0.750. The standard InChI is InChI=1S/C11H13N3O3/c1-7(13-11(16)17)6-14-10-4-9(15)3-2-8(10)5-12-14/h2-5,7,13,15H,6H2,1H3,(H,16,17)/t7-/m0/s1. The Hall–Kier alpha value is -2.24. The number of hydrogen-bond donors (Lipinski definition) is 3. The number of nitrogens with zero attached hydrogens (tertiary/aromatic N) is 2. The Balaban J connectivity index is 2.24. The Morgan fingerprint density at radius 2 is 2.35 bits per heavy atom. The summed E-state index contributed by atoms with van der Waals surface area (Å²) in [5, 5.41) is 25.4. The van der Waals surface area contributed by atoms with Gasteiger partial charge in [0.2, 0.25) is 0 Å². The van der Waals surface area contributed by atoms with E-state index in [0.717, 1.165) is 10.9 Å². The van der Waals surface area contributed by atoms with E-state index in [1.807, 2.05) is 0 Å². The molecule has 1 heterocycles. The topological polar surface area (TPSA) is 87.4 Å². The van der Waals surface area contributed by atoms with Gasteiger partial charge in [-0.05, 0) is 19.1 Å². The molecule has 0 saturated carbocycles. The van der Waals surface area contributed by atoms with Gasteiger partial charge in [0.1, 0.15) is 5.75 Å². The molecule has 0 radical (unpaired) electrons. The van der Waals surface area contributed by atoms with Crippen LogP contribution in [-0.4, -0.2) is 32.1 Å². The average molecular weight is 235 g/mol. The fourth-order valence-corrected chi connectivity index (χ4v) is 1.72. The lowest BCUT2D eigenvalue weighted by Crippen LogP contribution is -2.34. The summed E-state index contributed by atoms with van der Waals surface area (Å²) in [5.41, 5.74) is 0.782. The summed E-state index contributed by atoms with van der Waals surface area (Å²) in [6.45, 7) is 2.17. The number of rotatable bonds is 3. The number of aromatic nitrogens is 2. The number of amides is 1. The Kier molecular flexibility index (Phi) is 2.86. The first-order valence-electron chi connectivity index (χ1n) is 5.20. The number of nitrogens with one attached hydrogen (secondary N) is 1. The summed E-state index contributed by atoms with van der Waals surface area (Å²) in [7, 11) is 0. The number of aromatic hydroxyl groups is 1. The van der Waals surface area contributed by atoms with Gasteiger partial charge in [-0.3, -0.25) is 4.68 Å². The van der Waals surface area contributed by atoms with Crippen molar-refractivity contribution in [2.75, 3.05) is 0 Å². The zero-order chi connectivity index (χ0) is 12.4. The van der Waals surface area contributed by atoms with Gasteiger partial charge in [-0.2, -0.15) is 5.10 Å². The zero-order valence-electron chi connectivity index (χ0n) is 9.29. The van der Waals surface area contributed by atoms with E-state index in [1.165, 1.54) is 0 Å². The van der Waals surface area contributed by atoms with E-state index in [9.17, 15) is 9.90 Å². The molecule has 1 aromatic heterocycles. The summed E-state index contributed by atoms with van der Waals surface area (Å²) < 4.78 is 1.66. The predicted molar refractivity (Wildman–Crippen MR) is 62.0 cm³/mol. The van der Waals surface area contributed by atoms with Gasteiger partial charge in [0, 0.05) is 17.5 Å². The first-order chi connectivity index (χ1) is 8.06. The van der Waals surface area contributed by atoms with Crippen molar-refractivity contribution < 1.29 is 15.0 Å². The van der Waals surface area contributed by atoms with Gasteiger partial charge in [-0.1, -0.05) is 0 Å². The highest BCUT2D eigenvalue weighted by Crippen LogP contribution is 2.19. The van der Waals surface area contributed by atoms with E-state index in [4.69, 9.17) is 5.11 Å². The summed E-state index contributed by atoms with van der Waals surface area (Å²) in [5.74, 6) is 0.165. The van der Waals surface area contributed by atoms with Crippen LogP contribution in [0.3, 0.4) is 0 Å². The molecule has 2 aromatic rings. The number of fused-ring (bicyclic) bond motifs is 1. The molecule has 1 amide bonds. The number of hydrogen-bond acceptors (Lipinski definition) is 3. The molecule has 1 atom stereocenters. The second-order valence-electron chi connectivity index (χ2n) is 3.92. The summed E-state index contributed by atoms with van der Waals surface area (Å²) in [6, 6.07) is 4.71. The minimum absolute atomic E-state index is 0.165.